The van der Waals surface area contributed by atoms with Crippen molar-refractivity contribution in [2.24, 2.45) is 11.7 Å². The molecule has 0 bridgehead atoms. The summed E-state index contributed by atoms with van der Waals surface area (Å²) in [6.07, 6.45) is 0.405. The van der Waals surface area contributed by atoms with Crippen LogP contribution in [0.25, 0.3) is 0 Å². The maximum atomic E-state index is 12.1. The Bertz CT molecular complexity index is 441. The zero-order valence-electron chi connectivity index (χ0n) is 11.4. The number of nitrogens with zero attached hydrogens (tertiary/aromatic N) is 1. The number of hydrogen-bond donors (Lipinski definition) is 2. The number of anilines is 1. The van der Waals surface area contributed by atoms with Crippen LogP contribution in [0.2, 0.25) is 0 Å². The average molecular weight is 263 g/mol. The van der Waals surface area contributed by atoms with Gasteiger partial charge < -0.3 is 16.4 Å². The van der Waals surface area contributed by atoms with Gasteiger partial charge in [-0.2, -0.15) is 0 Å². The molecule has 0 radical (unpaired) electrons. The Morgan fingerprint density at radius 1 is 1.21 bits per heavy atom. The first-order chi connectivity index (χ1) is 8.88. The van der Waals surface area contributed by atoms with E-state index in [0.717, 1.165) is 5.56 Å². The Kier molecular flexibility index (Phi) is 5.36. The largest absolute Gasteiger partial charge is 0.399 e. The fourth-order valence-corrected chi connectivity index (χ4v) is 1.74. The molecule has 0 heterocycles. The molecule has 0 atom stereocenters. The van der Waals surface area contributed by atoms with Crippen LogP contribution in [0, 0.1) is 5.92 Å². The van der Waals surface area contributed by atoms with Crippen molar-refractivity contribution in [2.45, 2.75) is 26.8 Å². The fraction of sp³-hybridized carbons (Fsp3) is 0.429. The van der Waals surface area contributed by atoms with Gasteiger partial charge in [0.05, 0.1) is 6.54 Å². The topological polar surface area (TPSA) is 89.4 Å². The van der Waals surface area contributed by atoms with Crippen molar-refractivity contribution >= 4 is 17.5 Å². The Balaban J connectivity index is 2.76. The maximum Gasteiger partial charge on any atom is 0.237 e. The van der Waals surface area contributed by atoms with Gasteiger partial charge in [0, 0.05) is 18.7 Å². The van der Waals surface area contributed by atoms with Crippen molar-refractivity contribution in [1.82, 2.24) is 4.90 Å². The molecule has 2 amide bonds. The lowest BCUT2D eigenvalue weighted by atomic mass is 10.1. The minimum absolute atomic E-state index is 0.0596. The van der Waals surface area contributed by atoms with Crippen molar-refractivity contribution in [2.75, 3.05) is 12.3 Å². The first-order valence-electron chi connectivity index (χ1n) is 6.29. The van der Waals surface area contributed by atoms with E-state index in [2.05, 4.69) is 0 Å². The van der Waals surface area contributed by atoms with Gasteiger partial charge in [-0.15, -0.1) is 0 Å². The maximum absolute atomic E-state index is 12.1. The van der Waals surface area contributed by atoms with E-state index in [1.807, 2.05) is 26.0 Å². The zero-order valence-corrected chi connectivity index (χ0v) is 11.4. The van der Waals surface area contributed by atoms with Crippen LogP contribution in [-0.4, -0.2) is 23.3 Å². The Hall–Kier alpha value is -2.04. The molecule has 5 nitrogen and oxygen atoms in total. The van der Waals surface area contributed by atoms with E-state index in [4.69, 9.17) is 11.5 Å². The highest BCUT2D eigenvalue weighted by atomic mass is 16.2. The second-order valence-corrected chi connectivity index (χ2v) is 5.06. The molecule has 19 heavy (non-hydrogen) atoms. The third kappa shape index (κ3) is 5.42. The molecular weight excluding hydrogens is 242 g/mol. The minimum Gasteiger partial charge on any atom is -0.399 e. The molecule has 0 fully saturated rings. The molecule has 104 valence electrons. The minimum atomic E-state index is -0.507. The van der Waals surface area contributed by atoms with Gasteiger partial charge >= 0.3 is 0 Å². The quantitative estimate of drug-likeness (QED) is 0.754. The van der Waals surface area contributed by atoms with Gasteiger partial charge in [0.2, 0.25) is 11.8 Å². The summed E-state index contributed by atoms with van der Waals surface area (Å²) in [5.41, 5.74) is 12.4. The van der Waals surface area contributed by atoms with Gasteiger partial charge in [-0.1, -0.05) is 26.0 Å². The van der Waals surface area contributed by atoms with Gasteiger partial charge in [-0.25, -0.2) is 0 Å². The van der Waals surface area contributed by atoms with Crippen LogP contribution in [0.15, 0.2) is 24.3 Å². The fourth-order valence-electron chi connectivity index (χ4n) is 1.74. The molecule has 0 aliphatic rings. The highest BCUT2D eigenvalue weighted by Crippen LogP contribution is 2.11. The van der Waals surface area contributed by atoms with Gasteiger partial charge in [0.15, 0.2) is 0 Å². The Morgan fingerprint density at radius 2 is 1.79 bits per heavy atom. The van der Waals surface area contributed by atoms with Crippen LogP contribution in [0.3, 0.4) is 0 Å². The monoisotopic (exact) mass is 263 g/mol. The summed E-state index contributed by atoms with van der Waals surface area (Å²) in [5, 5.41) is 0. The Morgan fingerprint density at radius 3 is 2.26 bits per heavy atom. The molecule has 0 aliphatic heterocycles. The summed E-state index contributed by atoms with van der Waals surface area (Å²) in [7, 11) is 0. The summed E-state index contributed by atoms with van der Waals surface area (Å²) in [6.45, 7) is 4.23. The predicted octanol–water partition coefficient (Wildman–Crippen LogP) is 1.13. The van der Waals surface area contributed by atoms with E-state index in [1.165, 1.54) is 4.90 Å². The van der Waals surface area contributed by atoms with E-state index >= 15 is 0 Å². The number of rotatable bonds is 6. The lowest BCUT2D eigenvalue weighted by Gasteiger charge is -2.22. The number of carbonyl (C=O) groups excluding carboxylic acids is 2. The molecular formula is C14H21N3O2. The summed E-state index contributed by atoms with van der Waals surface area (Å²) < 4.78 is 0. The van der Waals surface area contributed by atoms with Crippen molar-refractivity contribution in [3.63, 3.8) is 0 Å². The van der Waals surface area contributed by atoms with Crippen LogP contribution in [0.4, 0.5) is 5.69 Å². The lowest BCUT2D eigenvalue weighted by molar-refractivity contribution is -0.136. The molecule has 1 rings (SSSR count). The molecule has 0 saturated heterocycles. The van der Waals surface area contributed by atoms with Crippen LogP contribution >= 0.6 is 0 Å². The summed E-state index contributed by atoms with van der Waals surface area (Å²) in [6, 6.07) is 7.22. The molecule has 4 N–H and O–H groups in total. The van der Waals surface area contributed by atoms with E-state index in [9.17, 15) is 9.59 Å². The van der Waals surface area contributed by atoms with Crippen LogP contribution < -0.4 is 11.5 Å². The summed E-state index contributed by atoms with van der Waals surface area (Å²) in [5.74, 6) is -0.326. The first kappa shape index (κ1) is 15.0. The zero-order chi connectivity index (χ0) is 14.4. The van der Waals surface area contributed by atoms with E-state index in [-0.39, 0.29) is 18.4 Å². The van der Waals surface area contributed by atoms with Gasteiger partial charge in [-0.3, -0.25) is 9.59 Å². The van der Waals surface area contributed by atoms with E-state index in [1.54, 1.807) is 12.1 Å². The van der Waals surface area contributed by atoms with Crippen LogP contribution in [0.1, 0.15) is 25.8 Å². The van der Waals surface area contributed by atoms with Crippen molar-refractivity contribution in [3.05, 3.63) is 29.8 Å². The smallest absolute Gasteiger partial charge is 0.237 e. The summed E-state index contributed by atoms with van der Waals surface area (Å²) >= 11 is 0. The molecule has 0 spiro atoms. The van der Waals surface area contributed by atoms with Crippen molar-refractivity contribution in [3.8, 4) is 0 Å². The number of amides is 2. The van der Waals surface area contributed by atoms with Crippen molar-refractivity contribution < 1.29 is 9.59 Å². The second kappa shape index (κ2) is 6.78. The third-order valence-electron chi connectivity index (χ3n) is 2.64. The highest BCUT2D eigenvalue weighted by molar-refractivity contribution is 5.83. The second-order valence-electron chi connectivity index (χ2n) is 5.06. The van der Waals surface area contributed by atoms with E-state index in [0.29, 0.717) is 18.7 Å². The van der Waals surface area contributed by atoms with Crippen LogP contribution in [-0.2, 0) is 16.1 Å². The van der Waals surface area contributed by atoms with Gasteiger partial charge in [0.25, 0.3) is 0 Å². The number of primary amides is 1. The standard InChI is InChI=1S/C14H21N3O2/c1-10(2)7-14(19)17(9-13(16)18)8-11-3-5-12(15)6-4-11/h3-6,10H,7-9,15H2,1-2H3,(H2,16,18). The average Bonchev–Trinajstić information content (AvgIpc) is 2.29. The number of carbonyl (C=O) groups is 2. The number of nitrogen functional groups attached to an aromatic ring is 1. The van der Waals surface area contributed by atoms with Gasteiger partial charge in [0.1, 0.15) is 0 Å². The molecule has 0 aliphatic carbocycles. The first-order valence-corrected chi connectivity index (χ1v) is 6.29. The molecule has 0 unspecified atom stereocenters. The SMILES string of the molecule is CC(C)CC(=O)N(CC(N)=O)Cc1ccc(N)cc1. The number of benzene rings is 1. The molecule has 1 aromatic rings. The molecule has 1 aromatic carbocycles. The normalized spacial score (nSPS) is 10.5. The molecule has 0 saturated carbocycles. The lowest BCUT2D eigenvalue weighted by Crippen LogP contribution is -2.38. The number of nitrogens with two attached hydrogens (primary N) is 2. The summed E-state index contributed by atoms with van der Waals surface area (Å²) in [4.78, 5) is 24.6. The molecule has 5 heteroatoms. The van der Waals surface area contributed by atoms with Gasteiger partial charge in [-0.05, 0) is 23.6 Å². The highest BCUT2D eigenvalue weighted by Gasteiger charge is 2.17. The predicted molar refractivity (Wildman–Crippen MR) is 74.9 cm³/mol. The Labute approximate surface area is 113 Å². The van der Waals surface area contributed by atoms with Crippen LogP contribution in [0.5, 0.6) is 0 Å². The number of hydrogen-bond acceptors (Lipinski definition) is 3. The van der Waals surface area contributed by atoms with E-state index < -0.39 is 5.91 Å². The van der Waals surface area contributed by atoms with Crippen molar-refractivity contribution in [1.29, 1.82) is 0 Å². The molecule has 0 aromatic heterocycles. The third-order valence-corrected chi connectivity index (χ3v) is 2.64.